The molecule has 0 atom stereocenters. The van der Waals surface area contributed by atoms with Crippen LogP contribution in [0.25, 0.3) is 0 Å². The molecule has 0 aromatic rings. The van der Waals surface area contributed by atoms with E-state index in [9.17, 15) is 4.79 Å². The Labute approximate surface area is 97.0 Å². The maximum atomic E-state index is 11.8. The van der Waals surface area contributed by atoms with Gasteiger partial charge in [0.15, 0.2) is 0 Å². The van der Waals surface area contributed by atoms with Crippen molar-refractivity contribution in [1.29, 1.82) is 0 Å². The van der Waals surface area contributed by atoms with Crippen LogP contribution >= 0.6 is 0 Å². The minimum absolute atomic E-state index is 0.0101. The maximum Gasteiger partial charge on any atom is 0.317 e. The molecule has 0 unspecified atom stereocenters. The van der Waals surface area contributed by atoms with Gasteiger partial charge in [-0.25, -0.2) is 4.79 Å². The van der Waals surface area contributed by atoms with Crippen LogP contribution in [-0.4, -0.2) is 41.8 Å². The Balaban J connectivity index is 1.63. The predicted molar refractivity (Wildman–Crippen MR) is 62.2 cm³/mol. The zero-order valence-electron chi connectivity index (χ0n) is 9.82. The van der Waals surface area contributed by atoms with Crippen molar-refractivity contribution in [1.82, 2.24) is 10.2 Å². The topological polar surface area (TPSA) is 52.6 Å². The van der Waals surface area contributed by atoms with Gasteiger partial charge in [0, 0.05) is 19.1 Å². The lowest BCUT2D eigenvalue weighted by Crippen LogP contribution is -2.43. The summed E-state index contributed by atoms with van der Waals surface area (Å²) in [5, 5.41) is 11.9. The Morgan fingerprint density at radius 2 is 2.06 bits per heavy atom. The van der Waals surface area contributed by atoms with Crippen LogP contribution in [-0.2, 0) is 0 Å². The summed E-state index contributed by atoms with van der Waals surface area (Å²) < 4.78 is 0. The minimum atomic E-state index is 0.0101. The summed E-state index contributed by atoms with van der Waals surface area (Å²) in [6, 6.07) is 0.395. The molecule has 0 heterocycles. The number of carbonyl (C=O) groups excluding carboxylic acids is 1. The lowest BCUT2D eigenvalue weighted by molar-refractivity contribution is 0.172. The van der Waals surface area contributed by atoms with Crippen molar-refractivity contribution < 1.29 is 9.90 Å². The molecule has 2 rings (SSSR count). The number of urea groups is 1. The van der Waals surface area contributed by atoms with Crippen LogP contribution in [0.2, 0.25) is 0 Å². The molecule has 2 N–H and O–H groups in total. The fourth-order valence-electron chi connectivity index (χ4n) is 2.21. The fraction of sp³-hybridized carbons (Fsp3) is 0.917. The number of hydrogen-bond acceptors (Lipinski definition) is 2. The molecule has 2 fully saturated rings. The first-order valence-corrected chi connectivity index (χ1v) is 6.46. The zero-order chi connectivity index (χ0) is 11.4. The van der Waals surface area contributed by atoms with E-state index in [2.05, 4.69) is 5.32 Å². The summed E-state index contributed by atoms with van der Waals surface area (Å²) in [4.78, 5) is 13.6. The van der Waals surface area contributed by atoms with Gasteiger partial charge in [-0.3, -0.25) is 0 Å². The molecule has 2 aliphatic carbocycles. The third-order valence-electron chi connectivity index (χ3n) is 3.64. The Morgan fingerprint density at radius 1 is 1.31 bits per heavy atom. The molecule has 0 aromatic heterocycles. The first kappa shape index (κ1) is 11.7. The van der Waals surface area contributed by atoms with Gasteiger partial charge in [0.05, 0.1) is 6.61 Å². The lowest BCUT2D eigenvalue weighted by Gasteiger charge is -2.26. The monoisotopic (exact) mass is 226 g/mol. The van der Waals surface area contributed by atoms with E-state index in [-0.39, 0.29) is 12.6 Å². The molecule has 2 amide bonds. The summed E-state index contributed by atoms with van der Waals surface area (Å²) in [6.45, 7) is 1.32. The van der Waals surface area contributed by atoms with Crippen LogP contribution in [0.3, 0.4) is 0 Å². The van der Waals surface area contributed by atoms with Gasteiger partial charge in [-0.05, 0) is 25.2 Å². The van der Waals surface area contributed by atoms with E-state index in [0.29, 0.717) is 12.6 Å². The minimum Gasteiger partial charge on any atom is -0.395 e. The highest BCUT2D eigenvalue weighted by Gasteiger charge is 2.32. The highest BCUT2D eigenvalue weighted by Crippen LogP contribution is 2.29. The maximum absolute atomic E-state index is 11.8. The normalized spacial score (nSPS) is 20.3. The first-order valence-electron chi connectivity index (χ1n) is 6.46. The highest BCUT2D eigenvalue weighted by atomic mass is 16.3. The molecule has 0 aliphatic heterocycles. The number of hydrogen-bond donors (Lipinski definition) is 2. The molecule has 0 bridgehead atoms. The number of rotatable bonds is 6. The zero-order valence-corrected chi connectivity index (χ0v) is 9.82. The third kappa shape index (κ3) is 3.11. The number of carbonyl (C=O) groups is 1. The predicted octanol–water partition coefficient (Wildman–Crippen LogP) is 1.34. The van der Waals surface area contributed by atoms with E-state index in [1.807, 2.05) is 0 Å². The number of aliphatic hydroxyl groups is 1. The summed E-state index contributed by atoms with van der Waals surface area (Å²) in [5.74, 6) is 0.840. The van der Waals surface area contributed by atoms with E-state index in [4.69, 9.17) is 5.11 Å². The van der Waals surface area contributed by atoms with Gasteiger partial charge in [-0.15, -0.1) is 0 Å². The number of amides is 2. The summed E-state index contributed by atoms with van der Waals surface area (Å²) in [7, 11) is 0. The molecular weight excluding hydrogens is 204 g/mol. The van der Waals surface area contributed by atoms with Gasteiger partial charge in [0.25, 0.3) is 0 Å². The molecule has 0 radical (unpaired) electrons. The van der Waals surface area contributed by atoms with E-state index >= 15 is 0 Å². The Bertz CT molecular complexity index is 237. The van der Waals surface area contributed by atoms with Crippen LogP contribution in [0, 0.1) is 5.92 Å². The van der Waals surface area contributed by atoms with Crippen molar-refractivity contribution in [3.05, 3.63) is 0 Å². The largest absolute Gasteiger partial charge is 0.395 e. The first-order chi connectivity index (χ1) is 7.81. The average molecular weight is 226 g/mol. The lowest BCUT2D eigenvalue weighted by atomic mass is 9.83. The molecule has 4 nitrogen and oxygen atoms in total. The van der Waals surface area contributed by atoms with Gasteiger partial charge >= 0.3 is 6.03 Å². The van der Waals surface area contributed by atoms with E-state index < -0.39 is 0 Å². The quantitative estimate of drug-likeness (QED) is 0.718. The van der Waals surface area contributed by atoms with Crippen molar-refractivity contribution in [2.45, 2.75) is 44.6 Å². The van der Waals surface area contributed by atoms with Crippen molar-refractivity contribution in [3.63, 3.8) is 0 Å². The van der Waals surface area contributed by atoms with Gasteiger partial charge in [-0.1, -0.05) is 19.3 Å². The van der Waals surface area contributed by atoms with E-state index in [1.165, 1.54) is 19.3 Å². The second-order valence-electron chi connectivity index (χ2n) is 4.97. The van der Waals surface area contributed by atoms with Gasteiger partial charge in [-0.2, -0.15) is 0 Å². The Hall–Kier alpha value is -0.770. The van der Waals surface area contributed by atoms with Crippen molar-refractivity contribution in [3.8, 4) is 0 Å². The van der Waals surface area contributed by atoms with Gasteiger partial charge in [0.1, 0.15) is 0 Å². The van der Waals surface area contributed by atoms with E-state index in [1.54, 1.807) is 4.90 Å². The Morgan fingerprint density at radius 3 is 2.56 bits per heavy atom. The highest BCUT2D eigenvalue weighted by molar-refractivity contribution is 5.74. The Kier molecular flexibility index (Phi) is 4.04. The SMILES string of the molecule is O=C(NCCC1CCC1)N(CCO)C1CC1. The van der Waals surface area contributed by atoms with Crippen molar-refractivity contribution in [2.75, 3.05) is 19.7 Å². The number of nitrogens with one attached hydrogen (secondary N) is 1. The second-order valence-corrected chi connectivity index (χ2v) is 4.97. The van der Waals surface area contributed by atoms with Crippen LogP contribution < -0.4 is 5.32 Å². The van der Waals surface area contributed by atoms with Crippen LogP contribution in [0.15, 0.2) is 0 Å². The standard InChI is InChI=1S/C12H22N2O2/c15-9-8-14(11-4-5-11)12(16)13-7-6-10-2-1-3-10/h10-11,15H,1-9H2,(H,13,16). The molecule has 0 aromatic carbocycles. The summed E-state index contributed by atoms with van der Waals surface area (Å²) in [5.41, 5.74) is 0. The summed E-state index contributed by atoms with van der Waals surface area (Å²) in [6.07, 6.45) is 7.32. The summed E-state index contributed by atoms with van der Waals surface area (Å²) >= 11 is 0. The van der Waals surface area contributed by atoms with Crippen LogP contribution in [0.1, 0.15) is 38.5 Å². The van der Waals surface area contributed by atoms with Gasteiger partial charge < -0.3 is 15.3 Å². The third-order valence-corrected chi connectivity index (χ3v) is 3.64. The van der Waals surface area contributed by atoms with Gasteiger partial charge in [0.2, 0.25) is 0 Å². The van der Waals surface area contributed by atoms with Crippen LogP contribution in [0.4, 0.5) is 4.79 Å². The van der Waals surface area contributed by atoms with E-state index in [0.717, 1.165) is 31.7 Å². The molecule has 0 spiro atoms. The fourth-order valence-corrected chi connectivity index (χ4v) is 2.21. The second kappa shape index (κ2) is 5.53. The molecular formula is C12H22N2O2. The molecule has 16 heavy (non-hydrogen) atoms. The molecule has 2 aliphatic rings. The smallest absolute Gasteiger partial charge is 0.317 e. The average Bonchev–Trinajstić information content (AvgIpc) is 3.01. The van der Waals surface area contributed by atoms with Crippen molar-refractivity contribution >= 4 is 6.03 Å². The molecule has 92 valence electrons. The van der Waals surface area contributed by atoms with Crippen LogP contribution in [0.5, 0.6) is 0 Å². The number of aliphatic hydroxyl groups excluding tert-OH is 1. The van der Waals surface area contributed by atoms with Crippen molar-refractivity contribution in [2.24, 2.45) is 5.92 Å². The number of nitrogens with zero attached hydrogens (tertiary/aromatic N) is 1. The molecule has 0 saturated heterocycles. The molecule has 2 saturated carbocycles. The molecule has 4 heteroatoms.